The van der Waals surface area contributed by atoms with Gasteiger partial charge in [-0.3, -0.25) is 0 Å². The Morgan fingerprint density at radius 2 is 1.50 bits per heavy atom. The van der Waals surface area contributed by atoms with Gasteiger partial charge in [0.2, 0.25) is 0 Å². The second-order valence-corrected chi connectivity index (χ2v) is 5.54. The molecule has 0 fully saturated rings. The van der Waals surface area contributed by atoms with E-state index in [4.69, 9.17) is 9.73 Å². The molecule has 0 spiro atoms. The lowest BCUT2D eigenvalue weighted by molar-refractivity contribution is 0.184. The summed E-state index contributed by atoms with van der Waals surface area (Å²) < 4.78 is 5.26. The highest BCUT2D eigenvalue weighted by atomic mass is 16.5. The van der Waals surface area contributed by atoms with Gasteiger partial charge in [-0.25, -0.2) is 9.98 Å². The normalized spacial score (nSPS) is 10.4. The van der Waals surface area contributed by atoms with E-state index >= 15 is 0 Å². The van der Waals surface area contributed by atoms with Crippen LogP contribution in [0.15, 0.2) is 77.9 Å². The van der Waals surface area contributed by atoms with Gasteiger partial charge in [-0.15, -0.1) is 0 Å². The number of pyridine rings is 1. The van der Waals surface area contributed by atoms with Crippen LogP contribution in [0.4, 0.5) is 5.82 Å². The minimum Gasteiger partial charge on any atom is -0.380 e. The SMILES string of the molecule is COCc1ccnc(N=C(c2ccccc2)c2ccccc2)c1C. The van der Waals surface area contributed by atoms with Crippen molar-refractivity contribution >= 4 is 11.5 Å². The fourth-order valence-corrected chi connectivity index (χ4v) is 2.58. The number of nitrogens with zero attached hydrogens (tertiary/aromatic N) is 2. The van der Waals surface area contributed by atoms with E-state index in [1.165, 1.54) is 0 Å². The number of rotatable bonds is 5. The van der Waals surface area contributed by atoms with Crippen molar-refractivity contribution in [2.24, 2.45) is 4.99 Å². The molecule has 0 atom stereocenters. The quantitative estimate of drug-likeness (QED) is 0.639. The van der Waals surface area contributed by atoms with Crippen LogP contribution in [0.2, 0.25) is 0 Å². The van der Waals surface area contributed by atoms with Gasteiger partial charge in [-0.05, 0) is 24.1 Å². The highest BCUT2D eigenvalue weighted by Crippen LogP contribution is 2.22. The molecule has 0 amide bonds. The standard InChI is InChI=1S/C21H20N2O/c1-16-19(15-24-2)13-14-22-21(16)23-20(17-9-5-3-6-10-17)18-11-7-4-8-12-18/h3-14H,15H2,1-2H3. The fraction of sp³-hybridized carbons (Fsp3) is 0.143. The summed E-state index contributed by atoms with van der Waals surface area (Å²) in [7, 11) is 1.70. The number of hydrogen-bond acceptors (Lipinski definition) is 3. The van der Waals surface area contributed by atoms with Crippen LogP contribution in [0.1, 0.15) is 22.3 Å². The summed E-state index contributed by atoms with van der Waals surface area (Å²) in [6.45, 7) is 2.59. The van der Waals surface area contributed by atoms with E-state index in [1.807, 2.05) is 49.4 Å². The maximum atomic E-state index is 5.26. The molecule has 0 saturated carbocycles. The third kappa shape index (κ3) is 3.58. The lowest BCUT2D eigenvalue weighted by Gasteiger charge is -2.10. The third-order valence-electron chi connectivity index (χ3n) is 3.90. The minimum absolute atomic E-state index is 0.558. The van der Waals surface area contributed by atoms with Gasteiger partial charge in [-0.1, -0.05) is 60.7 Å². The molecular weight excluding hydrogens is 296 g/mol. The van der Waals surface area contributed by atoms with E-state index in [9.17, 15) is 0 Å². The molecule has 3 rings (SSSR count). The summed E-state index contributed by atoms with van der Waals surface area (Å²) in [6, 6.07) is 22.4. The van der Waals surface area contributed by atoms with Crippen molar-refractivity contribution in [3.05, 3.63) is 95.2 Å². The maximum Gasteiger partial charge on any atom is 0.155 e. The zero-order chi connectivity index (χ0) is 16.8. The summed E-state index contributed by atoms with van der Waals surface area (Å²) in [5.74, 6) is 0.729. The number of ether oxygens (including phenoxy) is 1. The van der Waals surface area contributed by atoms with Crippen LogP contribution in [0.3, 0.4) is 0 Å². The van der Waals surface area contributed by atoms with Gasteiger partial charge in [0.1, 0.15) is 0 Å². The van der Waals surface area contributed by atoms with Gasteiger partial charge in [0.25, 0.3) is 0 Å². The van der Waals surface area contributed by atoms with Crippen LogP contribution in [0, 0.1) is 6.92 Å². The summed E-state index contributed by atoms with van der Waals surface area (Å²) in [5.41, 5.74) is 5.21. The predicted molar refractivity (Wildman–Crippen MR) is 97.9 cm³/mol. The molecule has 1 heterocycles. The van der Waals surface area contributed by atoms with Crippen molar-refractivity contribution in [2.75, 3.05) is 7.11 Å². The first-order chi connectivity index (χ1) is 11.8. The van der Waals surface area contributed by atoms with Crippen LogP contribution in [-0.2, 0) is 11.3 Å². The first kappa shape index (κ1) is 16.1. The summed E-state index contributed by atoms with van der Waals surface area (Å²) >= 11 is 0. The summed E-state index contributed by atoms with van der Waals surface area (Å²) in [5, 5.41) is 0. The van der Waals surface area contributed by atoms with Crippen molar-refractivity contribution in [2.45, 2.75) is 13.5 Å². The third-order valence-corrected chi connectivity index (χ3v) is 3.90. The molecule has 24 heavy (non-hydrogen) atoms. The van der Waals surface area contributed by atoms with E-state index in [0.29, 0.717) is 6.61 Å². The van der Waals surface area contributed by atoms with Crippen molar-refractivity contribution in [3.63, 3.8) is 0 Å². The predicted octanol–water partition coefficient (Wildman–Crippen LogP) is 4.71. The Kier molecular flexibility index (Phi) is 5.14. The number of methoxy groups -OCH3 is 1. The number of aromatic nitrogens is 1. The zero-order valence-electron chi connectivity index (χ0n) is 13.9. The van der Waals surface area contributed by atoms with Crippen molar-refractivity contribution < 1.29 is 4.74 Å². The highest BCUT2D eigenvalue weighted by molar-refractivity contribution is 6.13. The van der Waals surface area contributed by atoms with Gasteiger partial charge in [0.05, 0.1) is 12.3 Å². The Balaban J connectivity index is 2.13. The Bertz CT molecular complexity index is 785. The average molecular weight is 316 g/mol. The average Bonchev–Trinajstić information content (AvgIpc) is 2.64. The molecular formula is C21H20N2O. The molecule has 3 nitrogen and oxygen atoms in total. The van der Waals surface area contributed by atoms with Gasteiger partial charge in [0, 0.05) is 24.4 Å². The van der Waals surface area contributed by atoms with Crippen LogP contribution in [0.5, 0.6) is 0 Å². The van der Waals surface area contributed by atoms with E-state index in [-0.39, 0.29) is 0 Å². The van der Waals surface area contributed by atoms with Gasteiger partial charge in [-0.2, -0.15) is 0 Å². The van der Waals surface area contributed by atoms with Crippen molar-refractivity contribution in [3.8, 4) is 0 Å². The minimum atomic E-state index is 0.558. The molecule has 1 aromatic heterocycles. The summed E-state index contributed by atoms with van der Waals surface area (Å²) in [4.78, 5) is 9.36. The molecule has 0 aliphatic heterocycles. The molecule has 0 saturated heterocycles. The van der Waals surface area contributed by atoms with Crippen LogP contribution in [0.25, 0.3) is 0 Å². The molecule has 120 valence electrons. The van der Waals surface area contributed by atoms with Gasteiger partial charge < -0.3 is 4.74 Å². The Hall–Kier alpha value is -2.78. The molecule has 0 aliphatic carbocycles. The lowest BCUT2D eigenvalue weighted by Crippen LogP contribution is -2.03. The first-order valence-electron chi connectivity index (χ1n) is 7.92. The molecule has 3 heteroatoms. The zero-order valence-corrected chi connectivity index (χ0v) is 13.9. The van der Waals surface area contributed by atoms with E-state index in [0.717, 1.165) is 33.8 Å². The maximum absolute atomic E-state index is 5.26. The molecule has 0 aliphatic rings. The van der Waals surface area contributed by atoms with Crippen molar-refractivity contribution in [1.29, 1.82) is 0 Å². The Labute approximate surface area is 142 Å². The monoisotopic (exact) mass is 316 g/mol. The Morgan fingerprint density at radius 3 is 2.04 bits per heavy atom. The van der Waals surface area contributed by atoms with E-state index < -0.39 is 0 Å². The number of hydrogen-bond donors (Lipinski definition) is 0. The van der Waals surface area contributed by atoms with Gasteiger partial charge in [0.15, 0.2) is 5.82 Å². The molecule has 0 bridgehead atoms. The van der Waals surface area contributed by atoms with Crippen LogP contribution < -0.4 is 0 Å². The van der Waals surface area contributed by atoms with E-state index in [1.54, 1.807) is 13.3 Å². The molecule has 0 N–H and O–H groups in total. The smallest absolute Gasteiger partial charge is 0.155 e. The van der Waals surface area contributed by atoms with Crippen molar-refractivity contribution in [1.82, 2.24) is 4.98 Å². The largest absolute Gasteiger partial charge is 0.380 e. The van der Waals surface area contributed by atoms with Crippen LogP contribution in [-0.4, -0.2) is 17.8 Å². The fourth-order valence-electron chi connectivity index (χ4n) is 2.58. The Morgan fingerprint density at radius 1 is 0.917 bits per heavy atom. The van der Waals surface area contributed by atoms with E-state index in [2.05, 4.69) is 29.2 Å². The molecule has 0 radical (unpaired) electrons. The molecule has 0 unspecified atom stereocenters. The molecule has 2 aromatic carbocycles. The topological polar surface area (TPSA) is 34.5 Å². The van der Waals surface area contributed by atoms with Crippen LogP contribution >= 0.6 is 0 Å². The second-order valence-electron chi connectivity index (χ2n) is 5.54. The highest BCUT2D eigenvalue weighted by Gasteiger charge is 2.10. The molecule has 3 aromatic rings. The summed E-state index contributed by atoms with van der Waals surface area (Å²) in [6.07, 6.45) is 1.79. The lowest BCUT2D eigenvalue weighted by atomic mass is 10.0. The first-order valence-corrected chi connectivity index (χ1v) is 7.92. The second kappa shape index (κ2) is 7.66. The van der Waals surface area contributed by atoms with Gasteiger partial charge >= 0.3 is 0 Å². The number of aliphatic imine (C=N–C) groups is 1. The number of benzene rings is 2.